The average Bonchev–Trinajstić information content (AvgIpc) is 3.53. The Bertz CT molecular complexity index is 1580. The highest BCUT2D eigenvalue weighted by atomic mass is 35.5. The van der Waals surface area contributed by atoms with Gasteiger partial charge < -0.3 is 10.6 Å². The van der Waals surface area contributed by atoms with E-state index in [1.54, 1.807) is 29.9 Å². The van der Waals surface area contributed by atoms with E-state index in [0.717, 1.165) is 0 Å². The maximum atomic E-state index is 13.9. The highest BCUT2D eigenvalue weighted by Crippen LogP contribution is 2.44. The van der Waals surface area contributed by atoms with Crippen molar-refractivity contribution in [2.75, 3.05) is 23.9 Å². The zero-order valence-corrected chi connectivity index (χ0v) is 22.9. The number of anilines is 2. The van der Waals surface area contributed by atoms with Gasteiger partial charge in [0.2, 0.25) is 5.95 Å². The van der Waals surface area contributed by atoms with E-state index in [-0.39, 0.29) is 5.41 Å². The van der Waals surface area contributed by atoms with E-state index in [4.69, 9.17) is 11.6 Å². The molecule has 0 amide bonds. The highest BCUT2D eigenvalue weighted by molar-refractivity contribution is 6.35. The van der Waals surface area contributed by atoms with Crippen LogP contribution in [0.4, 0.5) is 20.2 Å². The van der Waals surface area contributed by atoms with Gasteiger partial charge in [-0.2, -0.15) is 9.65 Å². The lowest BCUT2D eigenvalue weighted by Gasteiger charge is -2.23. The minimum atomic E-state index is -0.648. The Hall–Kier alpha value is -3.84. The summed E-state index contributed by atoms with van der Waals surface area (Å²) >= 11 is 6.69. The van der Waals surface area contributed by atoms with Gasteiger partial charge in [0.15, 0.2) is 0 Å². The van der Waals surface area contributed by atoms with Crippen LogP contribution in [0.5, 0.6) is 0 Å². The number of nitriles is 1. The first-order chi connectivity index (χ1) is 18.5. The molecule has 1 aromatic carbocycles. The molecule has 1 atom stereocenters. The summed E-state index contributed by atoms with van der Waals surface area (Å²) in [5, 5.41) is 26.3. The Morgan fingerprint density at radius 2 is 2.03 bits per heavy atom. The fraction of sp³-hybridized carbons (Fsp3) is 0.393. The SMILES string of the molecule is Cc1nc(F)ccc1C(Nc1cc(Cl)c2ncc(C#N)c(NCC(C)(C)C)c2c1)c1cn(C2(CF)CC2)nn1. The van der Waals surface area contributed by atoms with E-state index in [1.165, 1.54) is 12.3 Å². The van der Waals surface area contributed by atoms with E-state index in [9.17, 15) is 14.0 Å². The lowest BCUT2D eigenvalue weighted by Crippen LogP contribution is -2.20. The molecule has 1 unspecified atom stereocenters. The van der Waals surface area contributed by atoms with Crippen LogP contribution in [0.1, 0.15) is 62.2 Å². The second kappa shape index (κ2) is 10.0. The molecule has 4 aromatic rings. The van der Waals surface area contributed by atoms with Crippen molar-refractivity contribution in [3.8, 4) is 6.07 Å². The van der Waals surface area contributed by atoms with E-state index in [1.807, 2.05) is 6.07 Å². The van der Waals surface area contributed by atoms with Crippen LogP contribution in [-0.2, 0) is 5.54 Å². The Morgan fingerprint density at radius 3 is 2.67 bits per heavy atom. The Morgan fingerprint density at radius 1 is 1.26 bits per heavy atom. The molecule has 1 fully saturated rings. The van der Waals surface area contributed by atoms with E-state index < -0.39 is 24.2 Å². The van der Waals surface area contributed by atoms with Crippen LogP contribution in [0.25, 0.3) is 10.9 Å². The predicted molar refractivity (Wildman–Crippen MR) is 147 cm³/mol. The van der Waals surface area contributed by atoms with Gasteiger partial charge in [-0.25, -0.2) is 14.1 Å². The van der Waals surface area contributed by atoms with Crippen LogP contribution in [0.3, 0.4) is 0 Å². The zero-order valence-electron chi connectivity index (χ0n) is 22.2. The fourth-order valence-corrected chi connectivity index (χ4v) is 4.77. The monoisotopic (exact) mass is 550 g/mol. The average molecular weight is 551 g/mol. The molecule has 11 heteroatoms. The summed E-state index contributed by atoms with van der Waals surface area (Å²) in [5.41, 5.74) is 3.22. The van der Waals surface area contributed by atoms with Crippen LogP contribution in [0.15, 0.2) is 36.7 Å². The van der Waals surface area contributed by atoms with Gasteiger partial charge in [-0.15, -0.1) is 5.10 Å². The quantitative estimate of drug-likeness (QED) is 0.248. The van der Waals surface area contributed by atoms with Crippen molar-refractivity contribution in [2.45, 2.75) is 52.1 Å². The van der Waals surface area contributed by atoms with Gasteiger partial charge in [0.05, 0.1) is 39.6 Å². The number of rotatable bonds is 8. The Kier molecular flexibility index (Phi) is 6.89. The topological polar surface area (TPSA) is 104 Å². The summed E-state index contributed by atoms with van der Waals surface area (Å²) in [6, 6.07) is 8.16. The molecule has 0 spiro atoms. The Balaban J connectivity index is 1.60. The molecule has 5 rings (SSSR count). The number of benzene rings is 1. The van der Waals surface area contributed by atoms with Gasteiger partial charge in [0.1, 0.15) is 18.4 Å². The number of nitrogens with one attached hydrogen (secondary N) is 2. The normalized spacial score (nSPS) is 15.1. The maximum absolute atomic E-state index is 13.9. The third kappa shape index (κ3) is 5.36. The number of halogens is 3. The second-order valence-corrected chi connectivity index (χ2v) is 11.7. The molecule has 8 nitrogen and oxygen atoms in total. The highest BCUT2D eigenvalue weighted by Gasteiger charge is 2.46. The third-order valence-electron chi connectivity index (χ3n) is 6.92. The van der Waals surface area contributed by atoms with Crippen LogP contribution in [0.2, 0.25) is 5.02 Å². The number of fused-ring (bicyclic) bond motifs is 1. The Labute approximate surface area is 230 Å². The largest absolute Gasteiger partial charge is 0.383 e. The lowest BCUT2D eigenvalue weighted by molar-refractivity contribution is 0.309. The molecule has 0 radical (unpaired) electrons. The van der Waals surface area contributed by atoms with Gasteiger partial charge >= 0.3 is 0 Å². The van der Waals surface area contributed by atoms with Crippen molar-refractivity contribution in [1.82, 2.24) is 25.0 Å². The van der Waals surface area contributed by atoms with Crippen LogP contribution in [0, 0.1) is 29.6 Å². The number of pyridine rings is 2. The summed E-state index contributed by atoms with van der Waals surface area (Å²) in [6.07, 6.45) is 4.63. The van der Waals surface area contributed by atoms with Crippen LogP contribution in [-0.4, -0.2) is 38.2 Å². The number of nitrogens with zero attached hydrogens (tertiary/aromatic N) is 6. The van der Waals surface area contributed by atoms with Gasteiger partial charge in [0, 0.05) is 35.1 Å². The summed E-state index contributed by atoms with van der Waals surface area (Å²) < 4.78 is 29.2. The minimum Gasteiger partial charge on any atom is -0.383 e. The molecule has 1 aliphatic rings. The third-order valence-corrected chi connectivity index (χ3v) is 7.21. The molecule has 0 saturated heterocycles. The summed E-state index contributed by atoms with van der Waals surface area (Å²) in [6.45, 7) is 8.11. The summed E-state index contributed by atoms with van der Waals surface area (Å²) in [5.74, 6) is -0.591. The molecule has 3 aromatic heterocycles. The van der Waals surface area contributed by atoms with E-state index in [0.29, 0.717) is 69.2 Å². The summed E-state index contributed by atoms with van der Waals surface area (Å²) in [7, 11) is 0. The molecule has 0 aliphatic heterocycles. The second-order valence-electron chi connectivity index (χ2n) is 11.3. The smallest absolute Gasteiger partial charge is 0.213 e. The molecule has 39 heavy (non-hydrogen) atoms. The van der Waals surface area contributed by atoms with Crippen LogP contribution >= 0.6 is 11.6 Å². The molecule has 2 N–H and O–H groups in total. The first-order valence-electron chi connectivity index (χ1n) is 12.7. The van der Waals surface area contributed by atoms with Crippen molar-refractivity contribution in [3.05, 3.63) is 70.1 Å². The van der Waals surface area contributed by atoms with Gasteiger partial charge in [-0.05, 0) is 43.4 Å². The van der Waals surface area contributed by atoms with Crippen molar-refractivity contribution in [1.29, 1.82) is 5.26 Å². The number of aromatic nitrogens is 5. The van der Waals surface area contributed by atoms with E-state index >= 15 is 0 Å². The number of aryl methyl sites for hydroxylation is 1. The van der Waals surface area contributed by atoms with Crippen molar-refractivity contribution in [2.24, 2.45) is 5.41 Å². The fourth-order valence-electron chi connectivity index (χ4n) is 4.50. The molecule has 202 valence electrons. The summed E-state index contributed by atoms with van der Waals surface area (Å²) in [4.78, 5) is 8.42. The van der Waals surface area contributed by atoms with E-state index in [2.05, 4.69) is 57.8 Å². The first kappa shape index (κ1) is 26.8. The lowest BCUT2D eigenvalue weighted by atomic mass is 9.96. The standard InChI is InChI=1S/C28H29ClF2N8/c1-16-19(5-6-23(31)35-16)26(22-13-39(38-37-22)28(14-30)7-8-28)36-18-9-20-24(34-15-27(2,3)4)17(11-32)12-33-25(20)21(29)10-18/h5-6,9-10,12-13,26,36H,7-8,14-15H2,1-4H3,(H,33,34). The molecule has 1 aliphatic carbocycles. The van der Waals surface area contributed by atoms with Gasteiger partial charge in [-0.1, -0.05) is 43.7 Å². The van der Waals surface area contributed by atoms with Crippen molar-refractivity contribution < 1.29 is 8.78 Å². The molecule has 3 heterocycles. The number of alkyl halides is 1. The first-order valence-corrected chi connectivity index (χ1v) is 13.1. The van der Waals surface area contributed by atoms with Crippen LogP contribution < -0.4 is 10.6 Å². The minimum absolute atomic E-state index is 0.0372. The maximum Gasteiger partial charge on any atom is 0.213 e. The molecule has 1 saturated carbocycles. The van der Waals surface area contributed by atoms with Gasteiger partial charge in [0.25, 0.3) is 0 Å². The van der Waals surface area contributed by atoms with Gasteiger partial charge in [-0.3, -0.25) is 4.98 Å². The molecule has 0 bridgehead atoms. The zero-order chi connectivity index (χ0) is 27.9. The molecular formula is C28H29ClF2N8. The van der Waals surface area contributed by atoms with Crippen molar-refractivity contribution in [3.63, 3.8) is 0 Å². The van der Waals surface area contributed by atoms with Crippen molar-refractivity contribution >= 4 is 33.9 Å². The number of hydrogen-bond donors (Lipinski definition) is 2. The predicted octanol–water partition coefficient (Wildman–Crippen LogP) is 6.31. The number of hydrogen-bond acceptors (Lipinski definition) is 7. The molecular weight excluding hydrogens is 522 g/mol.